The van der Waals surface area contributed by atoms with E-state index in [0.717, 1.165) is 11.8 Å². The van der Waals surface area contributed by atoms with Crippen LogP contribution in [0.1, 0.15) is 6.42 Å². The second kappa shape index (κ2) is 1.47. The van der Waals surface area contributed by atoms with Gasteiger partial charge in [0.1, 0.15) is 0 Å². The van der Waals surface area contributed by atoms with Crippen LogP contribution in [0.25, 0.3) is 0 Å². The smallest absolute Gasteiger partial charge is 0.00899 e. The molecule has 8 heavy (non-hydrogen) atoms. The van der Waals surface area contributed by atoms with Gasteiger partial charge in [-0.1, -0.05) is 34.2 Å². The van der Waals surface area contributed by atoms with Crippen LogP contribution in [0, 0.1) is 11.8 Å². The first kappa shape index (κ1) is 4.80. The Morgan fingerprint density at radius 2 is 2.38 bits per heavy atom. The van der Waals surface area contributed by atoms with Gasteiger partial charge in [-0.15, -0.1) is 0 Å². The van der Waals surface area contributed by atoms with Gasteiger partial charge in [0, 0.05) is 5.92 Å². The molecule has 0 radical (unpaired) electrons. The maximum absolute atomic E-state index is 3.51. The minimum Gasteiger partial charge on any atom is -0.0809 e. The van der Waals surface area contributed by atoms with E-state index in [2.05, 4.69) is 34.2 Å². The van der Waals surface area contributed by atoms with Gasteiger partial charge in [0.2, 0.25) is 0 Å². The van der Waals surface area contributed by atoms with Crippen molar-refractivity contribution in [2.75, 3.05) is 0 Å². The summed E-state index contributed by atoms with van der Waals surface area (Å²) >= 11 is 3.51. The van der Waals surface area contributed by atoms with Gasteiger partial charge in [-0.2, -0.15) is 0 Å². The Balaban J connectivity index is 2.36. The van der Waals surface area contributed by atoms with Crippen LogP contribution in [0.2, 0.25) is 0 Å². The number of halogens is 1. The van der Waals surface area contributed by atoms with Crippen molar-refractivity contribution in [2.45, 2.75) is 6.42 Å². The normalized spacial score (nSPS) is 40.9. The van der Waals surface area contributed by atoms with Gasteiger partial charge in [0.25, 0.3) is 0 Å². The zero-order chi connectivity index (χ0) is 5.56. The fraction of sp³-hybridized carbons (Fsp3) is 0.429. The van der Waals surface area contributed by atoms with Crippen molar-refractivity contribution < 1.29 is 0 Å². The van der Waals surface area contributed by atoms with Crippen LogP contribution < -0.4 is 0 Å². The predicted molar refractivity (Wildman–Crippen MR) is 37.7 cm³/mol. The number of hydrogen-bond acceptors (Lipinski definition) is 0. The molecule has 0 saturated heterocycles. The highest BCUT2D eigenvalue weighted by Crippen LogP contribution is 2.40. The minimum absolute atomic E-state index is 0.736. The third-order valence-corrected chi connectivity index (χ3v) is 2.70. The summed E-state index contributed by atoms with van der Waals surface area (Å²) in [5, 5.41) is 0. The molecule has 2 atom stereocenters. The van der Waals surface area contributed by atoms with Gasteiger partial charge in [0.15, 0.2) is 0 Å². The number of hydrogen-bond donors (Lipinski definition) is 0. The van der Waals surface area contributed by atoms with Crippen LogP contribution >= 0.6 is 15.9 Å². The summed E-state index contributed by atoms with van der Waals surface area (Å²) < 4.78 is 1.39. The molecule has 2 aliphatic rings. The molecule has 0 N–H and O–H groups in total. The van der Waals surface area contributed by atoms with E-state index in [-0.39, 0.29) is 0 Å². The van der Waals surface area contributed by atoms with Crippen LogP contribution in [0.3, 0.4) is 0 Å². The molecule has 2 bridgehead atoms. The van der Waals surface area contributed by atoms with Crippen LogP contribution in [-0.2, 0) is 0 Å². The largest absolute Gasteiger partial charge is 0.0809 e. The maximum atomic E-state index is 3.51. The molecule has 0 saturated carbocycles. The average Bonchev–Trinajstić information content (AvgIpc) is 2.23. The van der Waals surface area contributed by atoms with Crippen molar-refractivity contribution in [1.82, 2.24) is 0 Å². The first-order chi connectivity index (χ1) is 3.86. The molecule has 2 rings (SSSR count). The number of rotatable bonds is 0. The Hall–Kier alpha value is -0.0400. The number of allylic oxidation sites excluding steroid dienone is 4. The van der Waals surface area contributed by atoms with E-state index in [4.69, 9.17) is 0 Å². The number of fused-ring (bicyclic) bond motifs is 2. The van der Waals surface area contributed by atoms with Crippen molar-refractivity contribution in [2.24, 2.45) is 11.8 Å². The fourth-order valence-electron chi connectivity index (χ4n) is 1.38. The van der Waals surface area contributed by atoms with Crippen molar-refractivity contribution >= 4 is 15.9 Å². The quantitative estimate of drug-likeness (QED) is 0.491. The van der Waals surface area contributed by atoms with Gasteiger partial charge in [0.05, 0.1) is 0 Å². The minimum atomic E-state index is 0.736. The van der Waals surface area contributed by atoms with Crippen molar-refractivity contribution in [1.29, 1.82) is 0 Å². The lowest BCUT2D eigenvalue weighted by molar-refractivity contribution is 0.729. The van der Waals surface area contributed by atoms with Crippen LogP contribution in [0.4, 0.5) is 0 Å². The van der Waals surface area contributed by atoms with E-state index in [1.54, 1.807) is 0 Å². The molecule has 2 aliphatic carbocycles. The summed E-state index contributed by atoms with van der Waals surface area (Å²) in [7, 11) is 0. The fourth-order valence-corrected chi connectivity index (χ4v) is 2.06. The van der Waals surface area contributed by atoms with E-state index in [1.165, 1.54) is 10.9 Å². The molecule has 0 aromatic carbocycles. The third kappa shape index (κ3) is 0.510. The first-order valence-corrected chi connectivity index (χ1v) is 3.71. The summed E-state index contributed by atoms with van der Waals surface area (Å²) in [6.45, 7) is 0. The van der Waals surface area contributed by atoms with Crippen LogP contribution in [-0.4, -0.2) is 0 Å². The van der Waals surface area contributed by atoms with Gasteiger partial charge < -0.3 is 0 Å². The van der Waals surface area contributed by atoms with Crippen LogP contribution in [0.5, 0.6) is 0 Å². The molecule has 0 unspecified atom stereocenters. The van der Waals surface area contributed by atoms with E-state index in [1.807, 2.05) is 0 Å². The molecule has 0 spiro atoms. The summed E-state index contributed by atoms with van der Waals surface area (Å²) in [6, 6.07) is 0. The standard InChI is InChI=1S/C7H7Br/c8-7-4-5-1-2-6(7)3-5/h1-2,4-6H,3H2/t5-,6+/m1/s1. The topological polar surface area (TPSA) is 0 Å². The third-order valence-electron chi connectivity index (χ3n) is 1.84. The molecule has 0 aromatic heterocycles. The zero-order valence-electron chi connectivity index (χ0n) is 4.47. The first-order valence-electron chi connectivity index (χ1n) is 2.92. The van der Waals surface area contributed by atoms with E-state index in [9.17, 15) is 0 Å². The Kier molecular flexibility index (Phi) is 0.884. The second-order valence-corrected chi connectivity index (χ2v) is 3.36. The van der Waals surface area contributed by atoms with Gasteiger partial charge in [-0.25, -0.2) is 0 Å². The zero-order valence-corrected chi connectivity index (χ0v) is 6.06. The Bertz CT molecular complexity index is 167. The highest BCUT2D eigenvalue weighted by molar-refractivity contribution is 9.11. The van der Waals surface area contributed by atoms with E-state index in [0.29, 0.717) is 0 Å². The monoisotopic (exact) mass is 170 g/mol. The lowest BCUT2D eigenvalue weighted by atomic mass is 10.2. The molecule has 0 nitrogen and oxygen atoms in total. The molecular formula is C7H7Br. The highest BCUT2D eigenvalue weighted by Gasteiger charge is 2.25. The summed E-state index contributed by atoms with van der Waals surface area (Å²) in [4.78, 5) is 0. The second-order valence-electron chi connectivity index (χ2n) is 2.44. The van der Waals surface area contributed by atoms with Crippen molar-refractivity contribution in [3.8, 4) is 0 Å². The van der Waals surface area contributed by atoms with Gasteiger partial charge >= 0.3 is 0 Å². The van der Waals surface area contributed by atoms with E-state index < -0.39 is 0 Å². The summed E-state index contributed by atoms with van der Waals surface area (Å²) in [5.74, 6) is 1.49. The highest BCUT2D eigenvalue weighted by atomic mass is 79.9. The molecule has 42 valence electrons. The molecular weight excluding hydrogens is 164 g/mol. The lowest BCUT2D eigenvalue weighted by Crippen LogP contribution is -1.83. The summed E-state index contributed by atoms with van der Waals surface area (Å²) in [6.07, 6.45) is 8.19. The molecule has 0 aromatic rings. The van der Waals surface area contributed by atoms with Crippen LogP contribution in [0.15, 0.2) is 22.7 Å². The van der Waals surface area contributed by atoms with Crippen molar-refractivity contribution in [3.63, 3.8) is 0 Å². The van der Waals surface area contributed by atoms with E-state index >= 15 is 0 Å². The molecule has 0 heterocycles. The molecule has 0 aliphatic heterocycles. The lowest BCUT2D eigenvalue weighted by Gasteiger charge is -1.97. The SMILES string of the molecule is BrC1=C[C@@H]2C=C[C@H]1C2. The Morgan fingerprint density at radius 3 is 2.62 bits per heavy atom. The average molecular weight is 171 g/mol. The maximum Gasteiger partial charge on any atom is 0.00899 e. The van der Waals surface area contributed by atoms with Gasteiger partial charge in [-0.05, 0) is 16.8 Å². The molecule has 0 amide bonds. The predicted octanol–water partition coefficient (Wildman–Crippen LogP) is 2.47. The summed E-state index contributed by atoms with van der Waals surface area (Å²) in [5.41, 5.74) is 0. The van der Waals surface area contributed by atoms with Crippen molar-refractivity contribution in [3.05, 3.63) is 22.7 Å². The molecule has 1 heteroatoms. The van der Waals surface area contributed by atoms with Gasteiger partial charge in [-0.3, -0.25) is 0 Å². The molecule has 0 fully saturated rings. The Labute approximate surface area is 57.4 Å². The Morgan fingerprint density at radius 1 is 1.50 bits per heavy atom.